The van der Waals surface area contributed by atoms with Gasteiger partial charge >= 0.3 is 0 Å². The molecule has 0 aromatic heterocycles. The zero-order valence-electron chi connectivity index (χ0n) is 11.3. The highest BCUT2D eigenvalue weighted by atomic mass is 16.2. The normalized spacial score (nSPS) is 32.2. The Labute approximate surface area is 99.6 Å². The van der Waals surface area contributed by atoms with Gasteiger partial charge in [-0.2, -0.15) is 0 Å². The minimum absolute atomic E-state index is 0.0623. The Bertz CT molecular complexity index is 240. The van der Waals surface area contributed by atoms with Crippen LogP contribution in [0.1, 0.15) is 40.0 Å². The Morgan fingerprint density at radius 2 is 1.94 bits per heavy atom. The van der Waals surface area contributed by atoms with E-state index in [2.05, 4.69) is 19.2 Å². The van der Waals surface area contributed by atoms with Gasteiger partial charge in [-0.15, -0.1) is 0 Å². The summed E-state index contributed by atoms with van der Waals surface area (Å²) in [5.74, 6) is 1.65. The molecule has 0 saturated heterocycles. The lowest BCUT2D eigenvalue weighted by Crippen LogP contribution is -2.49. The number of hydrogen-bond acceptors (Lipinski definition) is 2. The van der Waals surface area contributed by atoms with Gasteiger partial charge in [0, 0.05) is 20.1 Å². The molecule has 16 heavy (non-hydrogen) atoms. The summed E-state index contributed by atoms with van der Waals surface area (Å²) in [4.78, 5) is 13.4. The predicted octanol–water partition coefficient (Wildman–Crippen LogP) is 1.88. The molecule has 1 aliphatic rings. The average molecular weight is 226 g/mol. The second-order valence-electron chi connectivity index (χ2n) is 5.62. The maximum atomic E-state index is 11.8. The molecule has 4 atom stereocenters. The fraction of sp³-hybridized carbons (Fsp3) is 0.923. The minimum Gasteiger partial charge on any atom is -0.347 e. The molecule has 0 aliphatic heterocycles. The topological polar surface area (TPSA) is 32.3 Å². The van der Waals surface area contributed by atoms with Crippen molar-refractivity contribution in [3.05, 3.63) is 0 Å². The van der Waals surface area contributed by atoms with Gasteiger partial charge < -0.3 is 10.2 Å². The van der Waals surface area contributed by atoms with Crippen molar-refractivity contribution in [1.29, 1.82) is 0 Å². The highest BCUT2D eigenvalue weighted by Crippen LogP contribution is 2.28. The SMILES string of the molecule is CC1CCC(C)C(NC(C)C(=O)N(C)C)C1. The maximum absolute atomic E-state index is 11.8. The molecular weight excluding hydrogens is 200 g/mol. The first-order chi connectivity index (χ1) is 7.41. The van der Waals surface area contributed by atoms with Crippen molar-refractivity contribution in [3.63, 3.8) is 0 Å². The van der Waals surface area contributed by atoms with Crippen LogP contribution < -0.4 is 5.32 Å². The van der Waals surface area contributed by atoms with Crippen molar-refractivity contribution >= 4 is 5.91 Å². The lowest BCUT2D eigenvalue weighted by Gasteiger charge is -2.35. The molecule has 94 valence electrons. The van der Waals surface area contributed by atoms with E-state index in [1.807, 2.05) is 21.0 Å². The first-order valence-electron chi connectivity index (χ1n) is 6.39. The summed E-state index contributed by atoms with van der Waals surface area (Å²) in [5.41, 5.74) is 0. The summed E-state index contributed by atoms with van der Waals surface area (Å²) < 4.78 is 0. The third-order valence-electron chi connectivity index (χ3n) is 3.73. The number of carbonyl (C=O) groups is 1. The largest absolute Gasteiger partial charge is 0.347 e. The number of amides is 1. The lowest BCUT2D eigenvalue weighted by atomic mass is 9.80. The molecule has 1 N–H and O–H groups in total. The van der Waals surface area contributed by atoms with Crippen LogP contribution in [0, 0.1) is 11.8 Å². The van der Waals surface area contributed by atoms with Crippen molar-refractivity contribution < 1.29 is 4.79 Å². The van der Waals surface area contributed by atoms with Gasteiger partial charge in [-0.3, -0.25) is 4.79 Å². The van der Waals surface area contributed by atoms with E-state index in [-0.39, 0.29) is 11.9 Å². The van der Waals surface area contributed by atoms with E-state index in [1.165, 1.54) is 19.3 Å². The molecule has 0 heterocycles. The molecule has 3 nitrogen and oxygen atoms in total. The molecule has 0 spiro atoms. The fourth-order valence-electron chi connectivity index (χ4n) is 2.54. The molecule has 0 radical (unpaired) electrons. The van der Waals surface area contributed by atoms with Crippen molar-refractivity contribution in [1.82, 2.24) is 10.2 Å². The van der Waals surface area contributed by atoms with Crippen LogP contribution in [0.5, 0.6) is 0 Å². The van der Waals surface area contributed by atoms with Crippen LogP contribution >= 0.6 is 0 Å². The molecule has 3 heteroatoms. The van der Waals surface area contributed by atoms with Crippen molar-refractivity contribution in [3.8, 4) is 0 Å². The van der Waals surface area contributed by atoms with Crippen molar-refractivity contribution in [2.45, 2.75) is 52.1 Å². The zero-order valence-corrected chi connectivity index (χ0v) is 11.3. The van der Waals surface area contributed by atoms with Crippen LogP contribution in [0.2, 0.25) is 0 Å². The number of nitrogens with one attached hydrogen (secondary N) is 1. The summed E-state index contributed by atoms with van der Waals surface area (Å²) in [6, 6.07) is 0.440. The Kier molecular flexibility index (Phi) is 4.78. The maximum Gasteiger partial charge on any atom is 0.238 e. The lowest BCUT2D eigenvalue weighted by molar-refractivity contribution is -0.130. The third kappa shape index (κ3) is 3.48. The number of carbonyl (C=O) groups excluding carboxylic acids is 1. The monoisotopic (exact) mass is 226 g/mol. The Morgan fingerprint density at radius 1 is 1.31 bits per heavy atom. The van der Waals surface area contributed by atoms with E-state index < -0.39 is 0 Å². The number of nitrogens with zero attached hydrogens (tertiary/aromatic N) is 1. The van der Waals surface area contributed by atoms with Gasteiger partial charge in [-0.05, 0) is 31.6 Å². The first-order valence-corrected chi connectivity index (χ1v) is 6.39. The average Bonchev–Trinajstić information content (AvgIpc) is 2.22. The molecule has 0 aromatic rings. The summed E-state index contributed by atoms with van der Waals surface area (Å²) in [7, 11) is 3.63. The van der Waals surface area contributed by atoms with Gasteiger partial charge in [0.25, 0.3) is 0 Å². The summed E-state index contributed by atoms with van der Waals surface area (Å²) in [5, 5.41) is 3.49. The Morgan fingerprint density at radius 3 is 2.50 bits per heavy atom. The van der Waals surface area contributed by atoms with Crippen LogP contribution in [0.3, 0.4) is 0 Å². The summed E-state index contributed by atoms with van der Waals surface area (Å²) in [6.07, 6.45) is 3.81. The van der Waals surface area contributed by atoms with Crippen LogP contribution in [-0.4, -0.2) is 37.0 Å². The minimum atomic E-state index is -0.0623. The number of hydrogen-bond donors (Lipinski definition) is 1. The van der Waals surface area contributed by atoms with Gasteiger partial charge in [0.1, 0.15) is 0 Å². The van der Waals surface area contributed by atoms with E-state index in [4.69, 9.17) is 0 Å². The van der Waals surface area contributed by atoms with E-state index in [9.17, 15) is 4.79 Å². The number of likely N-dealkylation sites (N-methyl/N-ethyl adjacent to an activating group) is 1. The molecule has 1 rings (SSSR count). The molecule has 0 aromatic carbocycles. The van der Waals surface area contributed by atoms with Crippen LogP contribution in [0.25, 0.3) is 0 Å². The van der Waals surface area contributed by atoms with Crippen LogP contribution in [0.15, 0.2) is 0 Å². The van der Waals surface area contributed by atoms with Gasteiger partial charge in [-0.1, -0.05) is 20.3 Å². The van der Waals surface area contributed by atoms with Gasteiger partial charge in [0.15, 0.2) is 0 Å². The molecule has 1 fully saturated rings. The van der Waals surface area contributed by atoms with E-state index in [0.29, 0.717) is 12.0 Å². The molecule has 1 amide bonds. The Hall–Kier alpha value is -0.570. The van der Waals surface area contributed by atoms with E-state index >= 15 is 0 Å². The van der Waals surface area contributed by atoms with Crippen molar-refractivity contribution in [2.75, 3.05) is 14.1 Å². The van der Waals surface area contributed by atoms with Gasteiger partial charge in [0.05, 0.1) is 6.04 Å². The van der Waals surface area contributed by atoms with Crippen LogP contribution in [0.4, 0.5) is 0 Å². The second-order valence-corrected chi connectivity index (χ2v) is 5.62. The van der Waals surface area contributed by atoms with E-state index in [0.717, 1.165) is 5.92 Å². The third-order valence-corrected chi connectivity index (χ3v) is 3.73. The first kappa shape index (κ1) is 13.5. The second kappa shape index (κ2) is 5.67. The van der Waals surface area contributed by atoms with E-state index in [1.54, 1.807) is 4.90 Å². The zero-order chi connectivity index (χ0) is 12.3. The molecule has 1 saturated carbocycles. The molecule has 4 unspecified atom stereocenters. The van der Waals surface area contributed by atoms with Crippen LogP contribution in [-0.2, 0) is 4.79 Å². The number of rotatable bonds is 3. The smallest absolute Gasteiger partial charge is 0.238 e. The fourth-order valence-corrected chi connectivity index (χ4v) is 2.54. The predicted molar refractivity (Wildman–Crippen MR) is 67.3 cm³/mol. The quantitative estimate of drug-likeness (QED) is 0.797. The highest BCUT2D eigenvalue weighted by Gasteiger charge is 2.28. The van der Waals surface area contributed by atoms with Gasteiger partial charge in [0.2, 0.25) is 5.91 Å². The molecular formula is C13H26N2O. The summed E-state index contributed by atoms with van der Waals surface area (Å²) >= 11 is 0. The Balaban J connectivity index is 2.48. The molecule has 0 bridgehead atoms. The summed E-state index contributed by atoms with van der Waals surface area (Å²) in [6.45, 7) is 6.56. The highest BCUT2D eigenvalue weighted by molar-refractivity contribution is 5.80. The van der Waals surface area contributed by atoms with Crippen molar-refractivity contribution in [2.24, 2.45) is 11.8 Å². The van der Waals surface area contributed by atoms with Gasteiger partial charge in [-0.25, -0.2) is 0 Å². The standard InChI is InChI=1S/C13H26N2O/c1-9-6-7-10(2)12(8-9)14-11(3)13(16)15(4)5/h9-12,14H,6-8H2,1-5H3. The molecule has 1 aliphatic carbocycles.